The molecule has 0 radical (unpaired) electrons. The van der Waals surface area contributed by atoms with Crippen LogP contribution in [0.15, 0.2) is 0 Å². The topological polar surface area (TPSA) is 49.9 Å². The summed E-state index contributed by atoms with van der Waals surface area (Å²) in [5.41, 5.74) is 0. The molecule has 2 rings (SSSR count). The van der Waals surface area contributed by atoms with Crippen LogP contribution in [0.25, 0.3) is 0 Å². The van der Waals surface area contributed by atoms with Gasteiger partial charge in [-0.25, -0.2) is 0 Å². The van der Waals surface area contributed by atoms with Crippen LogP contribution in [0.4, 0.5) is 0 Å². The van der Waals surface area contributed by atoms with Crippen LogP contribution in [0.1, 0.15) is 38.5 Å². The minimum Gasteiger partial charge on any atom is -0.469 e. The molecule has 2 heterocycles. The van der Waals surface area contributed by atoms with E-state index < -0.39 is 0 Å². The van der Waals surface area contributed by atoms with E-state index in [0.29, 0.717) is 31.2 Å². The van der Waals surface area contributed by atoms with E-state index in [9.17, 15) is 9.59 Å². The molecule has 0 aromatic rings. The number of ether oxygens (including phenoxy) is 1. The summed E-state index contributed by atoms with van der Waals surface area (Å²) < 4.78 is 4.61. The van der Waals surface area contributed by atoms with E-state index in [4.69, 9.17) is 0 Å². The summed E-state index contributed by atoms with van der Waals surface area (Å²) in [5, 5.41) is 0. The number of hydrogen-bond acceptors (Lipinski definition) is 4. The first-order valence-corrected chi connectivity index (χ1v) is 7.66. The van der Waals surface area contributed by atoms with Crippen molar-refractivity contribution in [3.8, 4) is 0 Å². The summed E-state index contributed by atoms with van der Waals surface area (Å²) in [5.74, 6) is 0.619. The number of rotatable bonds is 4. The van der Waals surface area contributed by atoms with Gasteiger partial charge in [0.1, 0.15) is 0 Å². The molecule has 1 amide bonds. The minimum absolute atomic E-state index is 0.216. The van der Waals surface area contributed by atoms with Crippen LogP contribution in [-0.4, -0.2) is 61.5 Å². The third-order valence-electron chi connectivity index (χ3n) is 4.59. The molecule has 0 aromatic heterocycles. The first kappa shape index (κ1) is 15.3. The molecule has 2 fully saturated rings. The number of hydrogen-bond donors (Lipinski definition) is 0. The Bertz CT molecular complexity index is 359. The van der Waals surface area contributed by atoms with Crippen molar-refractivity contribution in [3.05, 3.63) is 0 Å². The highest BCUT2D eigenvalue weighted by Gasteiger charge is 2.36. The van der Waals surface area contributed by atoms with Crippen molar-refractivity contribution in [1.29, 1.82) is 0 Å². The predicted molar refractivity (Wildman–Crippen MR) is 76.2 cm³/mol. The number of piperidine rings is 2. The average Bonchev–Trinajstić information content (AvgIpc) is 2.45. The first-order chi connectivity index (χ1) is 9.61. The number of amides is 1. The number of methoxy groups -OCH3 is 1. The van der Waals surface area contributed by atoms with Crippen LogP contribution in [-0.2, 0) is 14.3 Å². The summed E-state index contributed by atoms with van der Waals surface area (Å²) in [6.45, 7) is 3.08. The van der Waals surface area contributed by atoms with E-state index >= 15 is 0 Å². The molecule has 5 heteroatoms. The van der Waals surface area contributed by atoms with Gasteiger partial charge in [0.2, 0.25) is 5.91 Å². The standard InChI is InChI=1S/C15H26N2O3/c1-16-10-8-13-12(11-16)5-4-9-17(13)14(18)6-3-7-15(19)20-2/h12-13H,3-11H2,1-2H3/t12-,13-/m0/s1. The van der Waals surface area contributed by atoms with Gasteiger partial charge >= 0.3 is 5.97 Å². The number of carbonyl (C=O) groups is 2. The summed E-state index contributed by atoms with van der Waals surface area (Å²) in [6.07, 6.45) is 4.84. The Morgan fingerprint density at radius 2 is 2.00 bits per heavy atom. The molecular weight excluding hydrogens is 256 g/mol. The molecule has 0 saturated carbocycles. The van der Waals surface area contributed by atoms with Crippen molar-refractivity contribution >= 4 is 11.9 Å². The largest absolute Gasteiger partial charge is 0.469 e. The Balaban J connectivity index is 1.84. The van der Waals surface area contributed by atoms with Gasteiger partial charge in [0.15, 0.2) is 0 Å². The fraction of sp³-hybridized carbons (Fsp3) is 0.867. The Hall–Kier alpha value is -1.10. The maximum atomic E-state index is 12.4. The van der Waals surface area contributed by atoms with Gasteiger partial charge in [0.25, 0.3) is 0 Å². The molecule has 0 unspecified atom stereocenters. The van der Waals surface area contributed by atoms with Crippen LogP contribution >= 0.6 is 0 Å². The molecule has 2 atom stereocenters. The van der Waals surface area contributed by atoms with Crippen molar-refractivity contribution in [2.75, 3.05) is 33.8 Å². The van der Waals surface area contributed by atoms with Crippen LogP contribution in [0.2, 0.25) is 0 Å². The summed E-state index contributed by atoms with van der Waals surface area (Å²) >= 11 is 0. The highest BCUT2D eigenvalue weighted by molar-refractivity contribution is 5.77. The minimum atomic E-state index is -0.228. The first-order valence-electron chi connectivity index (χ1n) is 7.66. The van der Waals surface area contributed by atoms with Gasteiger partial charge in [-0.1, -0.05) is 0 Å². The van der Waals surface area contributed by atoms with Gasteiger partial charge in [0.05, 0.1) is 7.11 Å². The lowest BCUT2D eigenvalue weighted by molar-refractivity contribution is -0.141. The number of carbonyl (C=O) groups excluding carboxylic acids is 2. The van der Waals surface area contributed by atoms with E-state index in [2.05, 4.69) is 21.6 Å². The maximum absolute atomic E-state index is 12.4. The van der Waals surface area contributed by atoms with Gasteiger partial charge in [0, 0.05) is 32.0 Å². The summed E-state index contributed by atoms with van der Waals surface area (Å²) in [4.78, 5) is 27.9. The maximum Gasteiger partial charge on any atom is 0.305 e. The third-order valence-corrected chi connectivity index (χ3v) is 4.59. The Morgan fingerprint density at radius 1 is 1.20 bits per heavy atom. The summed E-state index contributed by atoms with van der Waals surface area (Å²) in [7, 11) is 3.55. The van der Waals surface area contributed by atoms with E-state index in [1.807, 2.05) is 0 Å². The fourth-order valence-electron chi connectivity index (χ4n) is 3.52. The van der Waals surface area contributed by atoms with Crippen molar-refractivity contribution in [2.24, 2.45) is 5.92 Å². The molecule has 0 bridgehead atoms. The van der Waals surface area contributed by atoms with Crippen molar-refractivity contribution in [1.82, 2.24) is 9.80 Å². The van der Waals surface area contributed by atoms with Crippen molar-refractivity contribution in [3.63, 3.8) is 0 Å². The second-order valence-corrected chi connectivity index (χ2v) is 6.04. The average molecular weight is 282 g/mol. The highest BCUT2D eigenvalue weighted by atomic mass is 16.5. The van der Waals surface area contributed by atoms with Crippen LogP contribution in [0, 0.1) is 5.92 Å². The van der Waals surface area contributed by atoms with Gasteiger partial charge in [-0.3, -0.25) is 9.59 Å². The molecule has 2 saturated heterocycles. The number of likely N-dealkylation sites (tertiary alicyclic amines) is 2. The molecule has 0 aromatic carbocycles. The van der Waals surface area contributed by atoms with E-state index in [-0.39, 0.29) is 11.9 Å². The number of fused-ring (bicyclic) bond motifs is 1. The molecule has 5 nitrogen and oxygen atoms in total. The number of esters is 1. The predicted octanol–water partition coefficient (Wildman–Crippen LogP) is 1.27. The fourth-order valence-corrected chi connectivity index (χ4v) is 3.52. The quantitative estimate of drug-likeness (QED) is 0.729. The Kier molecular flexibility index (Phi) is 5.40. The van der Waals surface area contributed by atoms with Gasteiger partial charge < -0.3 is 14.5 Å². The normalized spacial score (nSPS) is 27.0. The van der Waals surface area contributed by atoms with E-state index in [1.54, 1.807) is 0 Å². The van der Waals surface area contributed by atoms with E-state index in [1.165, 1.54) is 13.5 Å². The van der Waals surface area contributed by atoms with Crippen LogP contribution < -0.4 is 0 Å². The lowest BCUT2D eigenvalue weighted by Gasteiger charge is -2.46. The zero-order chi connectivity index (χ0) is 14.5. The molecule has 0 aliphatic carbocycles. The lowest BCUT2D eigenvalue weighted by atomic mass is 9.84. The Morgan fingerprint density at radius 3 is 2.75 bits per heavy atom. The monoisotopic (exact) mass is 282 g/mol. The zero-order valence-corrected chi connectivity index (χ0v) is 12.6. The molecular formula is C15H26N2O3. The molecule has 0 spiro atoms. The Labute approximate surface area is 121 Å². The highest BCUT2D eigenvalue weighted by Crippen LogP contribution is 2.30. The van der Waals surface area contributed by atoms with Gasteiger partial charge in [-0.05, 0) is 45.2 Å². The zero-order valence-electron chi connectivity index (χ0n) is 12.6. The molecule has 20 heavy (non-hydrogen) atoms. The molecule has 2 aliphatic rings. The van der Waals surface area contributed by atoms with Crippen molar-refractivity contribution in [2.45, 2.75) is 44.6 Å². The van der Waals surface area contributed by atoms with Gasteiger partial charge in [-0.2, -0.15) is 0 Å². The molecule has 0 N–H and O–H groups in total. The summed E-state index contributed by atoms with van der Waals surface area (Å²) in [6, 6.07) is 0.422. The third kappa shape index (κ3) is 3.72. The van der Waals surface area contributed by atoms with Gasteiger partial charge in [-0.15, -0.1) is 0 Å². The lowest BCUT2D eigenvalue weighted by Crippen LogP contribution is -2.55. The van der Waals surface area contributed by atoms with Crippen LogP contribution in [0.3, 0.4) is 0 Å². The van der Waals surface area contributed by atoms with Crippen LogP contribution in [0.5, 0.6) is 0 Å². The second-order valence-electron chi connectivity index (χ2n) is 6.04. The van der Waals surface area contributed by atoms with E-state index in [0.717, 1.165) is 32.5 Å². The SMILES string of the molecule is COC(=O)CCCC(=O)N1CCC[C@H]2CN(C)CC[C@@H]21. The van der Waals surface area contributed by atoms with Crippen molar-refractivity contribution < 1.29 is 14.3 Å². The molecule has 114 valence electrons. The number of nitrogens with zero attached hydrogens (tertiary/aromatic N) is 2. The second kappa shape index (κ2) is 7.07. The molecule has 2 aliphatic heterocycles. The smallest absolute Gasteiger partial charge is 0.305 e.